The van der Waals surface area contributed by atoms with Crippen molar-refractivity contribution in [2.45, 2.75) is 52.6 Å². The number of hydrogen-bond acceptors (Lipinski definition) is 2. The molecule has 118 valence electrons. The van der Waals surface area contributed by atoms with E-state index in [4.69, 9.17) is 4.74 Å². The van der Waals surface area contributed by atoms with Crippen molar-refractivity contribution in [1.29, 1.82) is 0 Å². The molecule has 3 unspecified atom stereocenters. The Balaban J connectivity index is 1.63. The van der Waals surface area contributed by atoms with Crippen LogP contribution in [0.5, 0.6) is 5.75 Å². The Morgan fingerprint density at radius 3 is 2.14 bits per heavy atom. The fourth-order valence-corrected chi connectivity index (χ4v) is 6.12. The number of nitrogens with zero attached hydrogens (tertiary/aromatic N) is 1. The maximum atomic E-state index is 6.89. The maximum absolute atomic E-state index is 6.89. The van der Waals surface area contributed by atoms with Crippen LogP contribution in [0.4, 0.5) is 0 Å². The van der Waals surface area contributed by atoms with Gasteiger partial charge in [0.1, 0.15) is 11.4 Å². The number of hydrogen-bond donors (Lipinski definition) is 0. The molecule has 4 aliphatic heterocycles. The Morgan fingerprint density at radius 2 is 1.50 bits per heavy atom. The first-order chi connectivity index (χ1) is 10.5. The van der Waals surface area contributed by atoms with Crippen LogP contribution in [-0.4, -0.2) is 30.1 Å². The third-order valence-corrected chi connectivity index (χ3v) is 7.59. The predicted molar refractivity (Wildman–Crippen MR) is 88.6 cm³/mol. The summed E-state index contributed by atoms with van der Waals surface area (Å²) in [4.78, 5) is 2.71. The molecule has 22 heavy (non-hydrogen) atoms. The van der Waals surface area contributed by atoms with Gasteiger partial charge in [-0.2, -0.15) is 0 Å². The van der Waals surface area contributed by atoms with E-state index in [1.54, 1.807) is 0 Å². The van der Waals surface area contributed by atoms with E-state index in [0.717, 1.165) is 17.8 Å². The molecule has 5 atom stereocenters. The van der Waals surface area contributed by atoms with E-state index in [2.05, 4.69) is 32.6 Å². The van der Waals surface area contributed by atoms with Crippen LogP contribution in [0.15, 0.2) is 0 Å². The number of piperidine rings is 3. The molecule has 0 N–H and O–H groups in total. The fourth-order valence-electron chi connectivity index (χ4n) is 6.12. The number of rotatable bonds is 0. The predicted octanol–water partition coefficient (Wildman–Crippen LogP) is 3.57. The summed E-state index contributed by atoms with van der Waals surface area (Å²) in [6.07, 6.45) is 3.97. The summed E-state index contributed by atoms with van der Waals surface area (Å²) < 4.78 is 6.89. The minimum atomic E-state index is 0.130. The average Bonchev–Trinajstić information content (AvgIpc) is 2.90. The normalized spacial score (nSPS) is 41.1. The quantitative estimate of drug-likeness (QED) is 0.726. The zero-order valence-electron chi connectivity index (χ0n) is 14.3. The van der Waals surface area contributed by atoms with Crippen molar-refractivity contribution in [1.82, 2.24) is 4.90 Å². The summed E-state index contributed by atoms with van der Waals surface area (Å²) in [6, 6.07) is 0. The van der Waals surface area contributed by atoms with Crippen molar-refractivity contribution in [3.05, 3.63) is 27.8 Å². The molecule has 0 radical (unpaired) electrons. The van der Waals surface area contributed by atoms with Crippen molar-refractivity contribution >= 4 is 0 Å². The molecular weight excluding hydrogens is 270 g/mol. The Kier molecular flexibility index (Phi) is 2.49. The van der Waals surface area contributed by atoms with Gasteiger partial charge in [0.05, 0.1) is 0 Å². The van der Waals surface area contributed by atoms with E-state index in [1.807, 2.05) is 0 Å². The van der Waals surface area contributed by atoms with E-state index < -0.39 is 0 Å². The molecular formula is C20H27NO. The van der Waals surface area contributed by atoms with Crippen LogP contribution in [0, 0.1) is 45.4 Å². The highest BCUT2D eigenvalue weighted by atomic mass is 16.5. The molecule has 4 heterocycles. The Morgan fingerprint density at radius 1 is 0.864 bits per heavy atom. The topological polar surface area (TPSA) is 12.5 Å². The van der Waals surface area contributed by atoms with E-state index in [1.165, 1.54) is 72.5 Å². The second kappa shape index (κ2) is 4.08. The summed E-state index contributed by atoms with van der Waals surface area (Å²) in [5, 5.41) is 0. The molecule has 2 nitrogen and oxygen atoms in total. The van der Waals surface area contributed by atoms with Gasteiger partial charge in [-0.3, -0.25) is 0 Å². The molecule has 1 spiro atoms. The Bertz CT molecular complexity index is 608. The SMILES string of the molecule is Cc1c(C)c(C)c2c(c1C)C[C@]1(O2)C2CC3C[C@H]1CN(C3)C2. The molecule has 0 aromatic heterocycles. The third kappa shape index (κ3) is 1.45. The highest BCUT2D eigenvalue weighted by Gasteiger charge is 2.61. The standard InChI is InChI=1S/C20H27NO/c1-11-12(2)14(4)19-18(13(11)3)7-20(22-19)16-5-15-6-17(20)10-21(8-15)9-16/h15-17H,5-10H2,1-4H3/t15?,16-,17?,20+/m0/s1. The van der Waals surface area contributed by atoms with E-state index in [9.17, 15) is 0 Å². The summed E-state index contributed by atoms with van der Waals surface area (Å²) in [6.45, 7) is 13.0. The minimum absolute atomic E-state index is 0.130. The largest absolute Gasteiger partial charge is 0.486 e. The van der Waals surface area contributed by atoms with Gasteiger partial charge in [-0.05, 0) is 68.7 Å². The smallest absolute Gasteiger partial charge is 0.126 e. The summed E-state index contributed by atoms with van der Waals surface area (Å²) in [5.41, 5.74) is 7.45. The lowest BCUT2D eigenvalue weighted by Gasteiger charge is -2.60. The average molecular weight is 297 g/mol. The van der Waals surface area contributed by atoms with Crippen molar-refractivity contribution in [3.63, 3.8) is 0 Å². The molecule has 5 aliphatic rings. The van der Waals surface area contributed by atoms with Crippen LogP contribution < -0.4 is 4.74 Å². The zero-order valence-corrected chi connectivity index (χ0v) is 14.3. The van der Waals surface area contributed by atoms with Gasteiger partial charge in [-0.15, -0.1) is 0 Å². The second-order valence-corrected chi connectivity index (χ2v) is 8.49. The van der Waals surface area contributed by atoms with Crippen molar-refractivity contribution in [3.8, 4) is 5.75 Å². The van der Waals surface area contributed by atoms with Gasteiger partial charge in [0.25, 0.3) is 0 Å². The lowest BCUT2D eigenvalue weighted by molar-refractivity contribution is -0.158. The van der Waals surface area contributed by atoms with Crippen molar-refractivity contribution in [2.75, 3.05) is 19.6 Å². The minimum Gasteiger partial charge on any atom is -0.486 e. The molecule has 1 saturated carbocycles. The molecule has 3 saturated heterocycles. The fraction of sp³-hybridized carbons (Fsp3) is 0.700. The number of fused-ring (bicyclic) bond motifs is 1. The molecule has 2 heteroatoms. The molecule has 1 aliphatic carbocycles. The molecule has 6 rings (SSSR count). The van der Waals surface area contributed by atoms with E-state index in [-0.39, 0.29) is 5.60 Å². The van der Waals surface area contributed by atoms with Gasteiger partial charge in [0.2, 0.25) is 0 Å². The van der Waals surface area contributed by atoms with Crippen molar-refractivity contribution in [2.24, 2.45) is 17.8 Å². The highest BCUT2D eigenvalue weighted by molar-refractivity contribution is 5.57. The van der Waals surface area contributed by atoms with Gasteiger partial charge < -0.3 is 9.64 Å². The van der Waals surface area contributed by atoms with Crippen LogP contribution in [0.3, 0.4) is 0 Å². The molecule has 1 aromatic rings. The van der Waals surface area contributed by atoms with Gasteiger partial charge in [0.15, 0.2) is 0 Å². The lowest BCUT2D eigenvalue weighted by Crippen LogP contribution is -2.68. The van der Waals surface area contributed by atoms with Crippen LogP contribution >= 0.6 is 0 Å². The number of ether oxygens (including phenoxy) is 1. The monoisotopic (exact) mass is 297 g/mol. The summed E-state index contributed by atoms with van der Waals surface area (Å²) >= 11 is 0. The van der Waals surface area contributed by atoms with E-state index in [0.29, 0.717) is 0 Å². The Hall–Kier alpha value is -1.02. The maximum Gasteiger partial charge on any atom is 0.126 e. The van der Waals surface area contributed by atoms with Crippen LogP contribution in [0.1, 0.15) is 40.7 Å². The first-order valence-electron chi connectivity index (χ1n) is 9.00. The van der Waals surface area contributed by atoms with Crippen LogP contribution in [0.25, 0.3) is 0 Å². The van der Waals surface area contributed by atoms with Crippen molar-refractivity contribution < 1.29 is 4.74 Å². The van der Waals surface area contributed by atoms with E-state index >= 15 is 0 Å². The van der Waals surface area contributed by atoms with Gasteiger partial charge in [-0.25, -0.2) is 0 Å². The summed E-state index contributed by atoms with van der Waals surface area (Å²) in [5.74, 6) is 3.71. The first-order valence-corrected chi connectivity index (χ1v) is 9.00. The Labute approximate surface area is 133 Å². The molecule has 0 amide bonds. The van der Waals surface area contributed by atoms with Gasteiger partial charge >= 0.3 is 0 Å². The van der Waals surface area contributed by atoms with Crippen LogP contribution in [0.2, 0.25) is 0 Å². The zero-order chi connectivity index (χ0) is 15.2. The summed E-state index contributed by atoms with van der Waals surface area (Å²) in [7, 11) is 0. The molecule has 4 bridgehead atoms. The third-order valence-electron chi connectivity index (χ3n) is 7.59. The molecule has 4 fully saturated rings. The highest BCUT2D eigenvalue weighted by Crippen LogP contribution is 2.57. The van der Waals surface area contributed by atoms with Gasteiger partial charge in [0, 0.05) is 43.5 Å². The number of benzene rings is 1. The van der Waals surface area contributed by atoms with Crippen LogP contribution in [-0.2, 0) is 6.42 Å². The van der Waals surface area contributed by atoms with Gasteiger partial charge in [-0.1, -0.05) is 0 Å². The lowest BCUT2D eigenvalue weighted by atomic mass is 9.58. The second-order valence-electron chi connectivity index (χ2n) is 8.49. The first kappa shape index (κ1) is 13.4. The molecule has 1 aromatic carbocycles.